The summed E-state index contributed by atoms with van der Waals surface area (Å²) in [4.78, 5) is 294. The van der Waals surface area contributed by atoms with Gasteiger partial charge in [-0.15, -0.1) is 0 Å². The van der Waals surface area contributed by atoms with Crippen molar-refractivity contribution in [3.8, 4) is 0 Å². The van der Waals surface area contributed by atoms with Crippen LogP contribution in [0.5, 0.6) is 0 Å². The van der Waals surface area contributed by atoms with E-state index in [0.29, 0.717) is 12.8 Å². The summed E-state index contributed by atoms with van der Waals surface area (Å²) in [5.74, 6) is -25.0. The van der Waals surface area contributed by atoms with Crippen molar-refractivity contribution >= 4 is 124 Å². The molecule has 0 radical (unpaired) electrons. The van der Waals surface area contributed by atoms with E-state index in [1.807, 2.05) is 0 Å². The molecule has 0 bridgehead atoms. The molecular formula is C91H155N21O26. The number of likely N-dealkylation sites (tertiary alicyclic amines) is 1. The first-order chi connectivity index (χ1) is 64.7. The molecule has 27 N–H and O–H groups in total. The van der Waals surface area contributed by atoms with Crippen LogP contribution in [0.1, 0.15) is 234 Å². The predicted molar refractivity (Wildman–Crippen MR) is 503 cm³/mol. The van der Waals surface area contributed by atoms with Gasteiger partial charge in [0.1, 0.15) is 114 Å². The Balaban J connectivity index is 2.46. The maximum atomic E-state index is 14.7. The summed E-state index contributed by atoms with van der Waals surface area (Å²) >= 11 is 0. The van der Waals surface area contributed by atoms with Crippen molar-refractivity contribution in [2.75, 3.05) is 39.5 Å². The van der Waals surface area contributed by atoms with Gasteiger partial charge in [0, 0.05) is 32.4 Å². The van der Waals surface area contributed by atoms with E-state index in [2.05, 4.69) is 90.4 Å². The monoisotopic (exact) mass is 1960 g/mol. The second kappa shape index (κ2) is 61.5. The van der Waals surface area contributed by atoms with Gasteiger partial charge in [-0.2, -0.15) is 0 Å². The van der Waals surface area contributed by atoms with Gasteiger partial charge in [-0.05, 0) is 158 Å². The van der Waals surface area contributed by atoms with E-state index in [4.69, 9.17) is 27.0 Å². The van der Waals surface area contributed by atoms with Crippen molar-refractivity contribution in [3.63, 3.8) is 0 Å². The first-order valence-corrected chi connectivity index (χ1v) is 47.5. The number of nitrogens with two attached hydrogens (primary N) is 3. The molecule has 0 unspecified atom stereocenters. The Labute approximate surface area is 806 Å². The third-order valence-corrected chi connectivity index (χ3v) is 23.0. The van der Waals surface area contributed by atoms with E-state index in [9.17, 15) is 116 Å². The number of carboxylic acids is 1. The summed E-state index contributed by atoms with van der Waals surface area (Å²) in [6.07, 6.45) is -0.0482. The standard InChI is InChI=1S/C91H155N21O26/c1-20-51(18)72-88(134)99-57(34-38-113)77(123)97-56(33-36-93)76(122)100-58(27-23-24-35-92)91(137)138-52(19)73(89(135)110-72)111-74(120)53(21-2)96-84(130)68(47(10)11)106-78(124)59(39-44(4)5)101-75(121)55(31-32-65(94)116)98-85(131)70(49(14)15)109-87(133)71(50(16)17)108-80(126)61(41-46(8)9)103-82(128)63(43-115)105-86(132)69(48(12)13)107-79(125)60(40-45(6)7)102-81(127)62(42-114)104-83(129)64-28-26-37-112(64)90(136)54(22-3)95-66(117)29-25-30-67(118)119/h21-22,44-52,55-64,68-73,113-115H,20,23-43,92-93H2,1-19H3,(H2,94,116)(H,95,117)(H,96,130)(H,97,123)(H,98,131)(H,99,134)(H,100,122)(H,101,121)(H,102,127)(H,103,128)(H,104,129)(H,105,132)(H,106,124)(H,107,125)(H,108,126)(H,109,133)(H,110,135)(H,111,120)(H,118,119)/b53-21+,54-22+/t51-,52+,55-,56+,57+,58+,59+,60+,61+,62+,63-,64-,68+,69+,70+,71-,72-,73-/m0/s1. The maximum absolute atomic E-state index is 14.7. The van der Waals surface area contributed by atoms with Crippen LogP contribution in [-0.4, -0.2) is 292 Å². The molecule has 2 aliphatic heterocycles. The van der Waals surface area contributed by atoms with Crippen molar-refractivity contribution in [1.29, 1.82) is 0 Å². The number of carbonyl (C=O) groups excluding carboxylic acids is 20. The number of carbonyl (C=O) groups is 21. The predicted octanol–water partition coefficient (Wildman–Crippen LogP) is -4.59. The third kappa shape index (κ3) is 41.1. The molecule has 47 heteroatoms. The second-order valence-corrected chi connectivity index (χ2v) is 37.4. The van der Waals surface area contributed by atoms with E-state index >= 15 is 0 Å². The number of esters is 1. The molecule has 47 nitrogen and oxygen atoms in total. The zero-order chi connectivity index (χ0) is 105. The van der Waals surface area contributed by atoms with Crippen LogP contribution in [0.2, 0.25) is 0 Å². The van der Waals surface area contributed by atoms with E-state index in [-0.39, 0.29) is 120 Å². The molecule has 2 rings (SSSR count). The number of rotatable bonds is 55. The summed E-state index contributed by atoms with van der Waals surface area (Å²) in [7, 11) is 0. The highest BCUT2D eigenvalue weighted by Crippen LogP contribution is 2.23. The summed E-state index contributed by atoms with van der Waals surface area (Å²) in [6, 6.07) is -24.3. The Kier molecular flexibility index (Phi) is 54.4. The fourth-order valence-corrected chi connectivity index (χ4v) is 14.8. The molecule has 2 aliphatic rings. The van der Waals surface area contributed by atoms with Crippen LogP contribution in [-0.2, 0) is 105 Å². The Morgan fingerprint density at radius 1 is 0.464 bits per heavy atom. The largest absolute Gasteiger partial charge is 0.481 e. The van der Waals surface area contributed by atoms with Crippen LogP contribution in [0.3, 0.4) is 0 Å². The molecule has 0 aliphatic carbocycles. The summed E-state index contributed by atoms with van der Waals surface area (Å²) in [5.41, 5.74) is 16.5. The number of aliphatic hydroxyl groups is 3. The lowest BCUT2D eigenvalue weighted by Crippen LogP contribution is -2.63. The van der Waals surface area contributed by atoms with E-state index in [0.717, 1.165) is 6.08 Å². The van der Waals surface area contributed by atoms with Gasteiger partial charge < -0.3 is 138 Å². The number of ether oxygens (including phenoxy) is 1. The number of hydrogen-bond donors (Lipinski definition) is 24. The van der Waals surface area contributed by atoms with Crippen LogP contribution in [0.25, 0.3) is 0 Å². The highest BCUT2D eigenvalue weighted by Gasteiger charge is 2.44. The first kappa shape index (κ1) is 122. The molecule has 18 atom stereocenters. The summed E-state index contributed by atoms with van der Waals surface area (Å²) in [5, 5.41) is 83.2. The van der Waals surface area contributed by atoms with Crippen LogP contribution < -0.4 is 108 Å². The molecule has 780 valence electrons. The number of aliphatic carboxylic acids is 1. The van der Waals surface area contributed by atoms with Crippen LogP contribution in [0.4, 0.5) is 0 Å². The van der Waals surface area contributed by atoms with Gasteiger partial charge in [0.25, 0.3) is 11.8 Å². The fraction of sp³-hybridized carbons (Fsp3) is 0.725. The number of nitrogens with zero attached hydrogens (tertiary/aromatic N) is 1. The van der Waals surface area contributed by atoms with E-state index in [1.54, 1.807) is 69.2 Å². The minimum Gasteiger partial charge on any atom is -0.481 e. The number of nitrogens with one attached hydrogen (secondary N) is 17. The molecule has 2 saturated heterocycles. The zero-order valence-electron chi connectivity index (χ0n) is 83.1. The Bertz CT molecular complexity index is 4240. The van der Waals surface area contributed by atoms with Crippen LogP contribution in [0, 0.1) is 47.3 Å². The first-order valence-electron chi connectivity index (χ1n) is 47.5. The van der Waals surface area contributed by atoms with Gasteiger partial charge in [0.2, 0.25) is 100 Å². The topological polar surface area (TPSA) is 734 Å². The average Bonchev–Trinajstić information content (AvgIpc) is 1.80. The number of carboxylic acid groups (broad SMARTS) is 1. The Morgan fingerprint density at radius 3 is 1.31 bits per heavy atom. The molecule has 0 aromatic rings. The summed E-state index contributed by atoms with van der Waals surface area (Å²) < 4.78 is 5.83. The number of aliphatic hydroxyl groups excluding tert-OH is 3. The van der Waals surface area contributed by atoms with Gasteiger partial charge in [0.15, 0.2) is 0 Å². The van der Waals surface area contributed by atoms with E-state index in [1.165, 1.54) is 73.3 Å². The molecule has 2 fully saturated rings. The quantitative estimate of drug-likeness (QED) is 0.0155. The smallest absolute Gasteiger partial charge is 0.328 e. The van der Waals surface area contributed by atoms with Crippen molar-refractivity contribution in [3.05, 3.63) is 23.5 Å². The highest BCUT2D eigenvalue weighted by molar-refractivity contribution is 6.05. The van der Waals surface area contributed by atoms with Crippen molar-refractivity contribution < 1.29 is 126 Å². The SMILES string of the molecule is C/C=C(/NC(=O)[C@H](NC(=O)[C@@H](CC(C)C)NC(=O)[C@H](CCC(N)=O)NC(=O)[C@H](NC(=O)[C@@H](NC(=O)[C@@H](CC(C)C)NC(=O)[C@H](CO)NC(=O)[C@H](NC(=O)[C@@H](CC(C)C)NC(=O)[C@@H](CO)NC(=O)[C@@H]1CCCN1C(=O)/C(=C\C)NC(=O)CCCC(=O)O)C(C)C)C(C)C)C(C)C)C(C)C)C(=O)N[C@@H]1C(=O)N[C@@H]([C@@H](C)CC)C(=O)N[C@H](CCO)C(=O)N[C@H](CCN)C(=O)N[C@H](CCCCN)C(=O)O[C@@H]1C. The lowest BCUT2D eigenvalue weighted by atomic mass is 9.96. The van der Waals surface area contributed by atoms with Gasteiger partial charge in [-0.25, -0.2) is 4.79 Å². The normalized spacial score (nSPS) is 19.9. The minimum absolute atomic E-state index is 0.00111. The van der Waals surface area contributed by atoms with Gasteiger partial charge in [-0.3, -0.25) is 95.9 Å². The molecule has 2 heterocycles. The molecule has 0 saturated carbocycles. The van der Waals surface area contributed by atoms with Crippen molar-refractivity contribution in [2.45, 2.75) is 337 Å². The average molecular weight is 1960 g/mol. The van der Waals surface area contributed by atoms with Crippen molar-refractivity contribution in [1.82, 2.24) is 95.3 Å². The lowest BCUT2D eigenvalue weighted by Gasteiger charge is -2.32. The second-order valence-electron chi connectivity index (χ2n) is 37.4. The number of cyclic esters (lactones) is 1. The zero-order valence-corrected chi connectivity index (χ0v) is 83.1. The van der Waals surface area contributed by atoms with Gasteiger partial charge in [-0.1, -0.05) is 129 Å². The Hall–Kier alpha value is -11.8. The molecular weight excluding hydrogens is 1800 g/mol. The van der Waals surface area contributed by atoms with Crippen molar-refractivity contribution in [2.24, 2.45) is 64.5 Å². The number of allylic oxidation sites excluding steroid dienone is 2. The lowest BCUT2D eigenvalue weighted by molar-refractivity contribution is -0.156. The minimum atomic E-state index is -1.89. The summed E-state index contributed by atoms with van der Waals surface area (Å²) in [6.45, 7) is 27.5. The Morgan fingerprint density at radius 2 is 0.884 bits per heavy atom. The number of unbranched alkanes of at least 4 members (excludes halogenated alkanes) is 1. The fourth-order valence-electron chi connectivity index (χ4n) is 14.8. The molecule has 19 amide bonds. The maximum Gasteiger partial charge on any atom is 0.328 e. The van der Waals surface area contributed by atoms with Gasteiger partial charge in [0.05, 0.1) is 13.2 Å². The van der Waals surface area contributed by atoms with Gasteiger partial charge >= 0.3 is 11.9 Å². The van der Waals surface area contributed by atoms with Crippen LogP contribution >= 0.6 is 0 Å². The van der Waals surface area contributed by atoms with E-state index < -0.39 is 295 Å². The molecule has 0 aromatic carbocycles. The number of amides is 19. The van der Waals surface area contributed by atoms with Crippen LogP contribution in [0.15, 0.2) is 23.5 Å². The third-order valence-electron chi connectivity index (χ3n) is 23.0. The molecule has 0 spiro atoms. The molecule has 0 aromatic heterocycles. The molecule has 138 heavy (non-hydrogen) atoms. The number of primary amides is 1. The highest BCUT2D eigenvalue weighted by atomic mass is 16.5. The number of hydrogen-bond acceptors (Lipinski definition) is 27.